The van der Waals surface area contributed by atoms with E-state index in [9.17, 15) is 13.2 Å². The highest BCUT2D eigenvalue weighted by Gasteiger charge is 2.27. The van der Waals surface area contributed by atoms with Gasteiger partial charge in [-0.2, -0.15) is 13.2 Å². The molecule has 0 aliphatic rings. The van der Waals surface area contributed by atoms with Gasteiger partial charge in [-0.15, -0.1) is 0 Å². The van der Waals surface area contributed by atoms with E-state index in [0.717, 1.165) is 5.56 Å². The molecular weight excluding hydrogens is 235 g/mol. The van der Waals surface area contributed by atoms with E-state index in [-0.39, 0.29) is 6.61 Å². The van der Waals surface area contributed by atoms with Gasteiger partial charge in [-0.05, 0) is 17.7 Å². The van der Waals surface area contributed by atoms with Gasteiger partial charge in [0, 0.05) is 12.1 Å². The second kappa shape index (κ2) is 5.88. The first kappa shape index (κ1) is 13.8. The van der Waals surface area contributed by atoms with E-state index in [4.69, 9.17) is 10.5 Å². The first-order valence-corrected chi connectivity index (χ1v) is 4.96. The van der Waals surface area contributed by atoms with Crippen LogP contribution in [-0.2, 0) is 17.9 Å². The summed E-state index contributed by atoms with van der Waals surface area (Å²) in [6.45, 7) is -1.12. The molecule has 0 amide bonds. The zero-order valence-corrected chi connectivity index (χ0v) is 9.38. The average molecular weight is 249 g/mol. The molecule has 0 aromatic heterocycles. The number of ether oxygens (including phenoxy) is 2. The average Bonchev–Trinajstić information content (AvgIpc) is 2.27. The molecule has 0 atom stereocenters. The second-order valence-corrected chi connectivity index (χ2v) is 3.46. The molecule has 6 heteroatoms. The van der Waals surface area contributed by atoms with Crippen LogP contribution in [0.15, 0.2) is 18.2 Å². The van der Waals surface area contributed by atoms with Gasteiger partial charge >= 0.3 is 6.18 Å². The summed E-state index contributed by atoms with van der Waals surface area (Å²) in [5.74, 6) is 0.490. The van der Waals surface area contributed by atoms with Crippen molar-refractivity contribution in [1.82, 2.24) is 0 Å². The van der Waals surface area contributed by atoms with Crippen LogP contribution in [0.3, 0.4) is 0 Å². The Kier molecular flexibility index (Phi) is 4.77. The summed E-state index contributed by atoms with van der Waals surface area (Å²) in [4.78, 5) is 0. The minimum Gasteiger partial charge on any atom is -0.496 e. The lowest BCUT2D eigenvalue weighted by atomic mass is 10.1. The molecule has 3 nitrogen and oxygen atoms in total. The van der Waals surface area contributed by atoms with Gasteiger partial charge in [-0.25, -0.2) is 0 Å². The first-order chi connectivity index (χ1) is 7.96. The molecule has 0 saturated carbocycles. The lowest BCUT2D eigenvalue weighted by molar-refractivity contribution is -0.176. The molecule has 0 bridgehead atoms. The predicted molar refractivity (Wildman–Crippen MR) is 56.6 cm³/mol. The van der Waals surface area contributed by atoms with Crippen LogP contribution >= 0.6 is 0 Å². The number of rotatable bonds is 5. The molecule has 96 valence electrons. The van der Waals surface area contributed by atoms with E-state index in [1.807, 2.05) is 0 Å². The molecule has 1 aromatic carbocycles. The summed E-state index contributed by atoms with van der Waals surface area (Å²) in [6, 6.07) is 5.09. The quantitative estimate of drug-likeness (QED) is 0.870. The zero-order valence-electron chi connectivity index (χ0n) is 9.38. The van der Waals surface area contributed by atoms with Crippen molar-refractivity contribution in [2.45, 2.75) is 19.3 Å². The largest absolute Gasteiger partial charge is 0.496 e. The lowest BCUT2D eigenvalue weighted by Gasteiger charge is -2.12. The number of methoxy groups -OCH3 is 1. The van der Waals surface area contributed by atoms with Crippen molar-refractivity contribution in [3.05, 3.63) is 29.3 Å². The fraction of sp³-hybridized carbons (Fsp3) is 0.455. The second-order valence-electron chi connectivity index (χ2n) is 3.46. The molecule has 0 spiro atoms. The summed E-state index contributed by atoms with van der Waals surface area (Å²) >= 11 is 0. The third-order valence-corrected chi connectivity index (χ3v) is 2.10. The van der Waals surface area contributed by atoms with Crippen LogP contribution in [0.2, 0.25) is 0 Å². The molecule has 0 aliphatic carbocycles. The Bertz CT molecular complexity index is 366. The number of alkyl halides is 3. The van der Waals surface area contributed by atoms with Gasteiger partial charge in [0.1, 0.15) is 12.4 Å². The summed E-state index contributed by atoms with van der Waals surface area (Å²) in [7, 11) is 1.45. The Morgan fingerprint density at radius 1 is 1.29 bits per heavy atom. The van der Waals surface area contributed by atoms with Crippen molar-refractivity contribution in [2.75, 3.05) is 13.7 Å². The van der Waals surface area contributed by atoms with Crippen molar-refractivity contribution < 1.29 is 22.6 Å². The van der Waals surface area contributed by atoms with Gasteiger partial charge < -0.3 is 15.2 Å². The highest BCUT2D eigenvalue weighted by molar-refractivity contribution is 5.36. The topological polar surface area (TPSA) is 44.5 Å². The summed E-state index contributed by atoms with van der Waals surface area (Å²) in [6.07, 6.45) is -4.32. The summed E-state index contributed by atoms with van der Waals surface area (Å²) in [5.41, 5.74) is 6.82. The number of hydrogen-bond donors (Lipinski definition) is 1. The summed E-state index contributed by atoms with van der Waals surface area (Å²) in [5, 5.41) is 0. The van der Waals surface area contributed by atoms with E-state index in [1.54, 1.807) is 18.2 Å². The van der Waals surface area contributed by atoms with E-state index >= 15 is 0 Å². The molecule has 1 rings (SSSR count). The molecule has 0 fully saturated rings. The molecule has 0 saturated heterocycles. The minimum atomic E-state index is -4.32. The highest BCUT2D eigenvalue weighted by Crippen LogP contribution is 2.22. The van der Waals surface area contributed by atoms with Crippen LogP contribution in [0.1, 0.15) is 11.1 Å². The van der Waals surface area contributed by atoms with Crippen molar-refractivity contribution in [2.24, 2.45) is 5.73 Å². The number of nitrogens with two attached hydrogens (primary N) is 1. The molecule has 0 aliphatic heterocycles. The Morgan fingerprint density at radius 3 is 2.53 bits per heavy atom. The molecule has 1 aromatic rings. The van der Waals surface area contributed by atoms with Crippen LogP contribution in [0.5, 0.6) is 5.75 Å². The van der Waals surface area contributed by atoms with Crippen LogP contribution < -0.4 is 10.5 Å². The molecule has 0 heterocycles. The van der Waals surface area contributed by atoms with E-state index < -0.39 is 12.8 Å². The maximum absolute atomic E-state index is 11.9. The number of benzene rings is 1. The van der Waals surface area contributed by atoms with Crippen LogP contribution in [0.4, 0.5) is 13.2 Å². The molecule has 17 heavy (non-hydrogen) atoms. The van der Waals surface area contributed by atoms with Gasteiger partial charge in [-0.1, -0.05) is 6.07 Å². The van der Waals surface area contributed by atoms with Crippen LogP contribution in [0, 0.1) is 0 Å². The fourth-order valence-corrected chi connectivity index (χ4v) is 1.35. The van der Waals surface area contributed by atoms with Crippen molar-refractivity contribution in [3.8, 4) is 5.75 Å². The van der Waals surface area contributed by atoms with Gasteiger partial charge in [0.15, 0.2) is 0 Å². The van der Waals surface area contributed by atoms with E-state index in [2.05, 4.69) is 4.74 Å². The molecule has 0 radical (unpaired) electrons. The highest BCUT2D eigenvalue weighted by atomic mass is 19.4. The van der Waals surface area contributed by atoms with E-state index in [1.165, 1.54) is 7.11 Å². The molecule has 2 N–H and O–H groups in total. The van der Waals surface area contributed by atoms with Crippen molar-refractivity contribution >= 4 is 0 Å². The maximum atomic E-state index is 11.9. The lowest BCUT2D eigenvalue weighted by Crippen LogP contribution is -2.17. The normalized spacial score (nSPS) is 11.6. The van der Waals surface area contributed by atoms with Crippen LogP contribution in [0.25, 0.3) is 0 Å². The fourth-order valence-electron chi connectivity index (χ4n) is 1.35. The van der Waals surface area contributed by atoms with Crippen LogP contribution in [-0.4, -0.2) is 19.9 Å². The molecule has 0 unspecified atom stereocenters. The van der Waals surface area contributed by atoms with Crippen molar-refractivity contribution in [1.29, 1.82) is 0 Å². The Labute approximate surface area is 97.3 Å². The Balaban J connectivity index is 2.68. The SMILES string of the molecule is COc1ccc(CN)cc1COCC(F)(F)F. The smallest absolute Gasteiger partial charge is 0.411 e. The Hall–Kier alpha value is -1.27. The zero-order chi connectivity index (χ0) is 12.9. The van der Waals surface area contributed by atoms with E-state index in [0.29, 0.717) is 17.9 Å². The third-order valence-electron chi connectivity index (χ3n) is 2.10. The summed E-state index contributed by atoms with van der Waals surface area (Å²) < 4.78 is 45.3. The standard InChI is InChI=1S/C11H14F3NO2/c1-16-10-3-2-8(5-15)4-9(10)6-17-7-11(12,13)14/h2-4H,5-7,15H2,1H3. The predicted octanol–water partition coefficient (Wildman–Crippen LogP) is 2.23. The monoisotopic (exact) mass is 249 g/mol. The molecular formula is C11H14F3NO2. The first-order valence-electron chi connectivity index (χ1n) is 4.96. The Morgan fingerprint density at radius 2 is 2.00 bits per heavy atom. The van der Waals surface area contributed by atoms with Gasteiger partial charge in [0.2, 0.25) is 0 Å². The number of halogens is 3. The number of hydrogen-bond acceptors (Lipinski definition) is 3. The maximum Gasteiger partial charge on any atom is 0.411 e. The van der Waals surface area contributed by atoms with Gasteiger partial charge in [0.05, 0.1) is 13.7 Å². The van der Waals surface area contributed by atoms with Gasteiger partial charge in [0.25, 0.3) is 0 Å². The third kappa shape index (κ3) is 4.62. The van der Waals surface area contributed by atoms with Gasteiger partial charge in [-0.3, -0.25) is 0 Å². The van der Waals surface area contributed by atoms with Crippen molar-refractivity contribution in [3.63, 3.8) is 0 Å². The minimum absolute atomic E-state index is 0.156.